The molecule has 0 radical (unpaired) electrons. The van der Waals surface area contributed by atoms with E-state index < -0.39 is 0 Å². The molecule has 0 atom stereocenters. The number of amides is 2. The number of carbonyl (C=O) groups excluding carboxylic acids is 2. The van der Waals surface area contributed by atoms with Crippen LogP contribution in [-0.4, -0.2) is 48.4 Å². The number of halogens is 1. The number of nitrogens with one attached hydrogen (secondary N) is 2. The molecule has 148 valence electrons. The molecule has 1 aromatic carbocycles. The highest BCUT2D eigenvalue weighted by Crippen LogP contribution is 2.51. The van der Waals surface area contributed by atoms with Gasteiger partial charge in [-0.25, -0.2) is 4.39 Å². The van der Waals surface area contributed by atoms with Gasteiger partial charge >= 0.3 is 0 Å². The Kier molecular flexibility index (Phi) is 5.30. The molecule has 1 saturated heterocycles. The smallest absolute Gasteiger partial charge is 0.251 e. The van der Waals surface area contributed by atoms with Crippen LogP contribution in [0.1, 0.15) is 49.5 Å². The molecule has 2 fully saturated rings. The van der Waals surface area contributed by atoms with Crippen molar-refractivity contribution >= 4 is 11.8 Å². The third kappa shape index (κ3) is 5.06. The minimum absolute atomic E-state index is 0.0749. The monoisotopic (exact) mass is 375 g/mol. The molecule has 1 aliphatic carbocycles. The molecule has 1 heterocycles. The first-order valence-corrected chi connectivity index (χ1v) is 9.62. The lowest BCUT2D eigenvalue weighted by Gasteiger charge is -2.59. The first-order valence-electron chi connectivity index (χ1n) is 9.62. The Labute approximate surface area is 160 Å². The zero-order valence-corrected chi connectivity index (χ0v) is 16.7. The summed E-state index contributed by atoms with van der Waals surface area (Å²) >= 11 is 0. The maximum atomic E-state index is 13.4. The van der Waals surface area contributed by atoms with Crippen LogP contribution in [0.2, 0.25) is 0 Å². The Morgan fingerprint density at radius 3 is 2.48 bits per heavy atom. The van der Waals surface area contributed by atoms with Crippen molar-refractivity contribution in [3.63, 3.8) is 0 Å². The van der Waals surface area contributed by atoms with E-state index >= 15 is 0 Å². The molecule has 1 aromatic rings. The highest BCUT2D eigenvalue weighted by atomic mass is 19.1. The van der Waals surface area contributed by atoms with Crippen molar-refractivity contribution in [1.29, 1.82) is 0 Å². The Balaban J connectivity index is 1.36. The minimum atomic E-state index is -0.382. The second kappa shape index (κ2) is 7.23. The number of nitrogens with zero attached hydrogens (tertiary/aromatic N) is 1. The predicted octanol–water partition coefficient (Wildman–Crippen LogP) is 2.49. The van der Waals surface area contributed by atoms with Crippen LogP contribution in [-0.2, 0) is 4.79 Å². The van der Waals surface area contributed by atoms with Gasteiger partial charge in [0.25, 0.3) is 5.91 Å². The average Bonchev–Trinajstić information content (AvgIpc) is 2.43. The van der Waals surface area contributed by atoms with Crippen LogP contribution in [0.25, 0.3) is 0 Å². The Morgan fingerprint density at radius 1 is 1.22 bits per heavy atom. The van der Waals surface area contributed by atoms with Crippen LogP contribution in [0.4, 0.5) is 4.39 Å². The maximum absolute atomic E-state index is 13.4. The van der Waals surface area contributed by atoms with Crippen LogP contribution in [0, 0.1) is 24.1 Å². The summed E-state index contributed by atoms with van der Waals surface area (Å²) < 4.78 is 13.4. The summed E-state index contributed by atoms with van der Waals surface area (Å²) in [6, 6.07) is 4.39. The summed E-state index contributed by atoms with van der Waals surface area (Å²) in [6.45, 7) is 10.7. The lowest BCUT2D eigenvalue weighted by atomic mass is 9.57. The summed E-state index contributed by atoms with van der Waals surface area (Å²) in [6.07, 6.45) is 2.15. The molecule has 2 aliphatic rings. The normalized spacial score (nSPS) is 19.3. The van der Waals surface area contributed by atoms with Gasteiger partial charge in [-0.05, 0) is 75.6 Å². The van der Waals surface area contributed by atoms with E-state index in [4.69, 9.17) is 0 Å². The zero-order valence-electron chi connectivity index (χ0n) is 16.7. The summed E-state index contributed by atoms with van der Waals surface area (Å²) in [5, 5.41) is 5.92. The van der Waals surface area contributed by atoms with Crippen molar-refractivity contribution in [2.45, 2.75) is 46.1 Å². The van der Waals surface area contributed by atoms with Crippen LogP contribution in [0.15, 0.2) is 18.2 Å². The van der Waals surface area contributed by atoms with Crippen LogP contribution < -0.4 is 10.6 Å². The van der Waals surface area contributed by atoms with Gasteiger partial charge < -0.3 is 10.6 Å². The van der Waals surface area contributed by atoms with Crippen molar-refractivity contribution in [3.05, 3.63) is 35.1 Å². The summed E-state index contributed by atoms with van der Waals surface area (Å²) in [5.74, 6) is -0.0551. The van der Waals surface area contributed by atoms with Crippen LogP contribution in [0.3, 0.4) is 0 Å². The summed E-state index contributed by atoms with van der Waals surface area (Å²) in [5.41, 5.74) is 1.25. The molecule has 1 aliphatic heterocycles. The van der Waals surface area contributed by atoms with Crippen LogP contribution >= 0.6 is 0 Å². The molecule has 2 N–H and O–H groups in total. The number of benzene rings is 1. The number of rotatable bonds is 5. The quantitative estimate of drug-likeness (QED) is 0.831. The number of likely N-dealkylation sites (tertiary alicyclic amines) is 1. The lowest BCUT2D eigenvalue weighted by molar-refractivity contribution is -0.133. The van der Waals surface area contributed by atoms with E-state index in [0.29, 0.717) is 30.0 Å². The van der Waals surface area contributed by atoms with Crippen molar-refractivity contribution in [1.82, 2.24) is 15.5 Å². The van der Waals surface area contributed by atoms with Gasteiger partial charge in [-0.15, -0.1) is 0 Å². The van der Waals surface area contributed by atoms with Gasteiger partial charge in [0.15, 0.2) is 0 Å². The van der Waals surface area contributed by atoms with E-state index in [-0.39, 0.29) is 23.2 Å². The highest BCUT2D eigenvalue weighted by molar-refractivity contribution is 5.94. The standard InChI is InChI=1S/C21H30FN3O2/c1-14-5-16(7-17(22)6-14)19(27)23-10-15-8-21(9-15)12-25(13-21)11-18(26)24-20(2,3)4/h5-7,15H,8-13H2,1-4H3,(H,23,27)(H,24,26). The summed E-state index contributed by atoms with van der Waals surface area (Å²) in [4.78, 5) is 26.4. The average molecular weight is 375 g/mol. The van der Waals surface area contributed by atoms with Gasteiger partial charge in [-0.1, -0.05) is 0 Å². The SMILES string of the molecule is Cc1cc(F)cc(C(=O)NCC2CC3(C2)CN(CC(=O)NC(C)(C)C)C3)c1. The predicted molar refractivity (Wildman–Crippen MR) is 103 cm³/mol. The maximum Gasteiger partial charge on any atom is 0.251 e. The molecule has 2 amide bonds. The molecule has 0 unspecified atom stereocenters. The molecule has 1 saturated carbocycles. The fourth-order valence-corrected chi connectivity index (χ4v) is 4.45. The lowest BCUT2D eigenvalue weighted by Crippen LogP contribution is -2.64. The number of aryl methyl sites for hydroxylation is 1. The van der Waals surface area contributed by atoms with Crippen LogP contribution in [0.5, 0.6) is 0 Å². The van der Waals surface area contributed by atoms with Crippen molar-refractivity contribution in [3.8, 4) is 0 Å². The van der Waals surface area contributed by atoms with E-state index in [1.54, 1.807) is 13.0 Å². The molecule has 0 bridgehead atoms. The molecule has 0 aromatic heterocycles. The first kappa shape index (κ1) is 19.8. The fraction of sp³-hybridized carbons (Fsp3) is 0.619. The Hall–Kier alpha value is -1.95. The molecular weight excluding hydrogens is 345 g/mol. The first-order chi connectivity index (χ1) is 12.5. The van der Waals surface area contributed by atoms with Gasteiger partial charge in [0, 0.05) is 30.7 Å². The van der Waals surface area contributed by atoms with Gasteiger partial charge in [-0.2, -0.15) is 0 Å². The Morgan fingerprint density at radius 2 is 1.89 bits per heavy atom. The molecule has 5 nitrogen and oxygen atoms in total. The molecular formula is C21H30FN3O2. The number of hydrogen-bond donors (Lipinski definition) is 2. The van der Waals surface area contributed by atoms with E-state index in [2.05, 4.69) is 15.5 Å². The Bertz CT molecular complexity index is 707. The molecule has 27 heavy (non-hydrogen) atoms. The summed E-state index contributed by atoms with van der Waals surface area (Å²) in [7, 11) is 0. The van der Waals surface area contributed by atoms with Gasteiger partial charge in [0.05, 0.1) is 6.54 Å². The molecule has 3 rings (SSSR count). The topological polar surface area (TPSA) is 61.4 Å². The van der Waals surface area contributed by atoms with E-state index in [1.165, 1.54) is 12.1 Å². The van der Waals surface area contributed by atoms with Gasteiger partial charge in [0.2, 0.25) is 5.91 Å². The van der Waals surface area contributed by atoms with Gasteiger partial charge in [0.1, 0.15) is 5.82 Å². The second-order valence-electron chi connectivity index (χ2n) is 9.44. The highest BCUT2D eigenvalue weighted by Gasteiger charge is 2.52. The van der Waals surface area contributed by atoms with E-state index in [0.717, 1.165) is 31.5 Å². The molecule has 1 spiro atoms. The number of hydrogen-bond acceptors (Lipinski definition) is 3. The van der Waals surface area contributed by atoms with E-state index in [1.807, 2.05) is 20.8 Å². The molecule has 6 heteroatoms. The minimum Gasteiger partial charge on any atom is -0.352 e. The second-order valence-corrected chi connectivity index (χ2v) is 9.44. The van der Waals surface area contributed by atoms with Crippen molar-refractivity contribution in [2.24, 2.45) is 11.3 Å². The number of carbonyl (C=O) groups is 2. The van der Waals surface area contributed by atoms with Crippen molar-refractivity contribution < 1.29 is 14.0 Å². The zero-order chi connectivity index (χ0) is 19.8. The van der Waals surface area contributed by atoms with E-state index in [9.17, 15) is 14.0 Å². The largest absolute Gasteiger partial charge is 0.352 e. The van der Waals surface area contributed by atoms with Crippen molar-refractivity contribution in [2.75, 3.05) is 26.2 Å². The van der Waals surface area contributed by atoms with Gasteiger partial charge in [-0.3, -0.25) is 14.5 Å². The third-order valence-corrected chi connectivity index (χ3v) is 5.30. The fourth-order valence-electron chi connectivity index (χ4n) is 4.45. The third-order valence-electron chi connectivity index (χ3n) is 5.30.